The molecule has 0 aliphatic heterocycles. The fraction of sp³-hybridized carbons (Fsp3) is 0.450. The van der Waals surface area contributed by atoms with E-state index < -0.39 is 7.81 Å². The third kappa shape index (κ3) is 15.7. The Kier molecular flexibility index (Phi) is 8.51. The van der Waals surface area contributed by atoms with Crippen molar-refractivity contribution in [1.29, 1.82) is 0 Å². The Morgan fingerprint density at radius 3 is 1.86 bits per heavy atom. The van der Waals surface area contributed by atoms with Gasteiger partial charge in [-0.25, -0.2) is 0 Å². The van der Waals surface area contributed by atoms with Gasteiger partial charge in [0.05, 0.1) is 0 Å². The predicted molar refractivity (Wildman–Crippen MR) is 104 cm³/mol. The van der Waals surface area contributed by atoms with E-state index in [4.69, 9.17) is 4.84 Å². The minimum atomic E-state index is -10.7. The van der Waals surface area contributed by atoms with Crippen LogP contribution in [0.2, 0.25) is 0 Å². The van der Waals surface area contributed by atoms with Crippen LogP contribution < -0.4 is 9.57 Å². The molecule has 1 aromatic carbocycles. The Hall–Kier alpha value is -1.82. The topological polar surface area (TPSA) is 13.1 Å². The van der Waals surface area contributed by atoms with Crippen molar-refractivity contribution in [3.05, 3.63) is 66.0 Å². The molecule has 166 valence electrons. The minimum absolute atomic E-state index is 0.663. The number of halogens is 6. The van der Waals surface area contributed by atoms with Crippen LogP contribution in [0.3, 0.4) is 0 Å². The molecule has 2 nitrogen and oxygen atoms in total. The van der Waals surface area contributed by atoms with Gasteiger partial charge in [0.2, 0.25) is 12.4 Å². The maximum absolute atomic E-state index is 10.7. The van der Waals surface area contributed by atoms with E-state index in [1.54, 1.807) is 0 Å². The number of pyridine rings is 1. The summed E-state index contributed by atoms with van der Waals surface area (Å²) in [5.41, 5.74) is 2.65. The van der Waals surface area contributed by atoms with Crippen molar-refractivity contribution in [3.63, 3.8) is 0 Å². The van der Waals surface area contributed by atoms with Gasteiger partial charge >= 0.3 is 33.0 Å². The summed E-state index contributed by atoms with van der Waals surface area (Å²) in [4.78, 5) is 5.88. The second kappa shape index (κ2) is 9.79. The molecule has 2 aromatic rings. The molecular formula is C20H28F6NOP. The van der Waals surface area contributed by atoms with Crippen LogP contribution >= 0.6 is 7.81 Å². The van der Waals surface area contributed by atoms with Crippen LogP contribution in [0.4, 0.5) is 25.2 Å². The monoisotopic (exact) mass is 443 g/mol. The van der Waals surface area contributed by atoms with Crippen LogP contribution in [0.15, 0.2) is 54.9 Å². The third-order valence-corrected chi connectivity index (χ3v) is 4.12. The molecule has 0 aliphatic rings. The van der Waals surface area contributed by atoms with Gasteiger partial charge in [-0.2, -0.15) is 0 Å². The number of unbranched alkanes of at least 4 members (excludes halogenated alkanes) is 1. The molecule has 0 saturated heterocycles. The molecule has 0 amide bonds. The number of hydrogen-bond acceptors (Lipinski definition) is 1. The standard InChI is InChI=1S/C20H28NO.F6P/c1-3-5-9-18(4-2)17-22-21-14-12-20(13-15-21)16-19-10-7-6-8-11-19;1-7(2,3,4,5)6/h6-8,10-15,18H,3-5,9,16-17H2,1-2H3;/q+1;-1. The van der Waals surface area contributed by atoms with Crippen LogP contribution in [-0.4, -0.2) is 6.61 Å². The molecule has 1 atom stereocenters. The summed E-state index contributed by atoms with van der Waals surface area (Å²) in [6.07, 6.45) is 10.0. The van der Waals surface area contributed by atoms with E-state index in [-0.39, 0.29) is 0 Å². The van der Waals surface area contributed by atoms with Gasteiger partial charge in [0.1, 0.15) is 0 Å². The second-order valence-electron chi connectivity index (χ2n) is 6.90. The molecule has 9 heteroatoms. The third-order valence-electron chi connectivity index (χ3n) is 4.12. The average molecular weight is 443 g/mol. The van der Waals surface area contributed by atoms with Crippen LogP contribution in [-0.2, 0) is 6.42 Å². The first kappa shape index (κ1) is 25.2. The Balaban J connectivity index is 0.000000516. The van der Waals surface area contributed by atoms with Gasteiger partial charge in [0.15, 0.2) is 6.61 Å². The van der Waals surface area contributed by atoms with Crippen molar-refractivity contribution in [2.75, 3.05) is 6.61 Å². The van der Waals surface area contributed by atoms with Gasteiger partial charge in [-0.1, -0.05) is 57.0 Å². The number of benzene rings is 1. The van der Waals surface area contributed by atoms with Crippen LogP contribution in [0.5, 0.6) is 0 Å². The molecule has 0 bridgehead atoms. The van der Waals surface area contributed by atoms with Gasteiger partial charge < -0.3 is 0 Å². The number of nitrogens with zero attached hydrogens (tertiary/aromatic N) is 1. The molecule has 0 radical (unpaired) electrons. The fourth-order valence-corrected chi connectivity index (χ4v) is 2.57. The summed E-state index contributed by atoms with van der Waals surface area (Å²) in [5.74, 6) is 0.663. The first-order valence-electron chi connectivity index (χ1n) is 9.50. The number of aromatic nitrogens is 1. The van der Waals surface area contributed by atoms with Crippen LogP contribution in [0, 0.1) is 5.92 Å². The van der Waals surface area contributed by atoms with Gasteiger partial charge in [0, 0.05) is 16.9 Å². The van der Waals surface area contributed by atoms with E-state index in [0.717, 1.165) is 13.0 Å². The molecule has 29 heavy (non-hydrogen) atoms. The summed E-state index contributed by atoms with van der Waals surface area (Å²) in [6.45, 7) is 5.30. The average Bonchev–Trinajstić information content (AvgIpc) is 2.61. The van der Waals surface area contributed by atoms with Crippen LogP contribution in [0.25, 0.3) is 0 Å². The number of rotatable bonds is 9. The Bertz CT molecular complexity index is 709. The van der Waals surface area contributed by atoms with Crippen LogP contribution in [0.1, 0.15) is 50.7 Å². The van der Waals surface area contributed by atoms with E-state index in [1.807, 2.05) is 17.1 Å². The first-order valence-corrected chi connectivity index (χ1v) is 11.5. The van der Waals surface area contributed by atoms with Crippen molar-refractivity contribution in [2.24, 2.45) is 5.92 Å². The van der Waals surface area contributed by atoms with Crippen molar-refractivity contribution in [3.8, 4) is 0 Å². The van der Waals surface area contributed by atoms with E-state index >= 15 is 0 Å². The Morgan fingerprint density at radius 2 is 1.38 bits per heavy atom. The molecule has 0 saturated carbocycles. The Labute approximate surface area is 167 Å². The molecular weight excluding hydrogens is 415 g/mol. The quantitative estimate of drug-likeness (QED) is 0.221. The normalized spacial score (nSPS) is 14.8. The fourth-order valence-electron chi connectivity index (χ4n) is 2.57. The van der Waals surface area contributed by atoms with E-state index in [2.05, 4.69) is 56.3 Å². The van der Waals surface area contributed by atoms with Gasteiger partial charge in [-0.15, -0.1) is 0 Å². The SMILES string of the molecule is CCCCC(CC)CO[n+]1ccc(Cc2ccccc2)cc1.F[P-](F)(F)(F)(F)F. The van der Waals surface area contributed by atoms with Crippen molar-refractivity contribution < 1.29 is 34.7 Å². The van der Waals surface area contributed by atoms with Gasteiger partial charge in [-0.3, -0.25) is 4.84 Å². The maximum atomic E-state index is 9.87. The van der Waals surface area contributed by atoms with Crippen molar-refractivity contribution in [1.82, 2.24) is 0 Å². The molecule has 2 rings (SSSR count). The molecule has 0 aliphatic carbocycles. The zero-order valence-electron chi connectivity index (χ0n) is 16.6. The molecule has 1 heterocycles. The molecule has 0 N–H and O–H groups in total. The van der Waals surface area contributed by atoms with Gasteiger partial charge in [0.25, 0.3) is 0 Å². The summed E-state index contributed by atoms with van der Waals surface area (Å²) >= 11 is 0. The van der Waals surface area contributed by atoms with E-state index in [0.29, 0.717) is 5.92 Å². The molecule has 0 spiro atoms. The molecule has 1 aromatic heterocycles. The van der Waals surface area contributed by atoms with Crippen molar-refractivity contribution in [2.45, 2.75) is 46.0 Å². The second-order valence-corrected chi connectivity index (χ2v) is 8.82. The Morgan fingerprint density at radius 1 is 0.862 bits per heavy atom. The number of hydrogen-bond donors (Lipinski definition) is 0. The van der Waals surface area contributed by atoms with E-state index in [1.165, 1.54) is 36.8 Å². The summed E-state index contributed by atoms with van der Waals surface area (Å²) in [6, 6.07) is 14.8. The summed E-state index contributed by atoms with van der Waals surface area (Å²) in [7, 11) is -10.7. The molecule has 0 fully saturated rings. The van der Waals surface area contributed by atoms with Crippen molar-refractivity contribution >= 4 is 7.81 Å². The summed E-state index contributed by atoms with van der Waals surface area (Å²) < 4.78 is 61.0. The van der Waals surface area contributed by atoms with Gasteiger partial charge in [-0.05, 0) is 36.3 Å². The zero-order chi connectivity index (χ0) is 22.0. The zero-order valence-corrected chi connectivity index (χ0v) is 17.5. The predicted octanol–water partition coefficient (Wildman–Crippen LogP) is 7.59. The summed E-state index contributed by atoms with van der Waals surface area (Å²) in [5, 5.41) is 0. The molecule has 1 unspecified atom stereocenters. The first-order chi connectivity index (χ1) is 13.3. The van der Waals surface area contributed by atoms with E-state index in [9.17, 15) is 25.2 Å².